The van der Waals surface area contributed by atoms with E-state index < -0.39 is 0 Å². The molecule has 0 spiro atoms. The Morgan fingerprint density at radius 1 is 1.04 bits per heavy atom. The molecule has 24 heavy (non-hydrogen) atoms. The molecule has 0 aliphatic carbocycles. The van der Waals surface area contributed by atoms with Crippen molar-refractivity contribution in [3.8, 4) is 11.1 Å². The first-order valence-electron chi connectivity index (χ1n) is 9.04. The van der Waals surface area contributed by atoms with Crippen LogP contribution < -0.4 is 4.90 Å². The molecule has 0 saturated carbocycles. The third-order valence-electron chi connectivity index (χ3n) is 6.05. The highest BCUT2D eigenvalue weighted by molar-refractivity contribution is 5.70. The van der Waals surface area contributed by atoms with Gasteiger partial charge in [-0.15, -0.1) is 0 Å². The summed E-state index contributed by atoms with van der Waals surface area (Å²) >= 11 is 0. The number of pyridine rings is 1. The van der Waals surface area contributed by atoms with Crippen LogP contribution in [-0.2, 0) is 0 Å². The van der Waals surface area contributed by atoms with Crippen LogP contribution >= 0.6 is 0 Å². The minimum atomic E-state index is 0.637. The minimum absolute atomic E-state index is 0.637. The number of rotatable bonds is 2. The molecular formula is C19H24N4O. The number of hydrogen-bond donors (Lipinski definition) is 0. The van der Waals surface area contributed by atoms with Crippen molar-refractivity contribution in [1.29, 1.82) is 0 Å². The lowest BCUT2D eigenvalue weighted by atomic mass is 9.84. The van der Waals surface area contributed by atoms with E-state index in [1.165, 1.54) is 44.7 Å². The van der Waals surface area contributed by atoms with Crippen LogP contribution in [0.15, 0.2) is 23.0 Å². The van der Waals surface area contributed by atoms with Gasteiger partial charge in [-0.25, -0.2) is 0 Å². The van der Waals surface area contributed by atoms with E-state index in [0.29, 0.717) is 6.04 Å². The van der Waals surface area contributed by atoms with Gasteiger partial charge in [0.1, 0.15) is 5.76 Å². The molecule has 4 bridgehead atoms. The molecule has 4 fully saturated rings. The number of aromatic nitrogens is 2. The zero-order chi connectivity index (χ0) is 16.3. The Kier molecular flexibility index (Phi) is 3.20. The summed E-state index contributed by atoms with van der Waals surface area (Å²) in [6.07, 6.45) is 6.70. The summed E-state index contributed by atoms with van der Waals surface area (Å²) in [4.78, 5) is 9.85. The van der Waals surface area contributed by atoms with Crippen LogP contribution in [0.2, 0.25) is 0 Å². The first-order chi connectivity index (χ1) is 11.7. The molecule has 4 atom stereocenters. The van der Waals surface area contributed by atoms with E-state index in [0.717, 1.165) is 34.4 Å². The fraction of sp³-hybridized carbons (Fsp3) is 0.579. The van der Waals surface area contributed by atoms with Crippen LogP contribution in [0.5, 0.6) is 0 Å². The number of anilines is 1. The third kappa shape index (κ3) is 2.25. The van der Waals surface area contributed by atoms with Crippen molar-refractivity contribution in [3.63, 3.8) is 0 Å². The Morgan fingerprint density at radius 3 is 2.71 bits per heavy atom. The molecular weight excluding hydrogens is 300 g/mol. The highest BCUT2D eigenvalue weighted by atomic mass is 16.5. The van der Waals surface area contributed by atoms with Gasteiger partial charge < -0.3 is 14.3 Å². The summed E-state index contributed by atoms with van der Waals surface area (Å²) in [5.74, 6) is 2.57. The van der Waals surface area contributed by atoms with Gasteiger partial charge in [0, 0.05) is 49.5 Å². The normalized spacial score (nSPS) is 31.5. The highest BCUT2D eigenvalue weighted by Gasteiger charge is 2.41. The van der Waals surface area contributed by atoms with Crippen LogP contribution in [0.4, 0.5) is 5.69 Å². The molecule has 0 amide bonds. The van der Waals surface area contributed by atoms with E-state index in [4.69, 9.17) is 4.52 Å². The lowest BCUT2D eigenvalue weighted by molar-refractivity contribution is 0.0980. The van der Waals surface area contributed by atoms with Crippen molar-refractivity contribution in [2.75, 3.05) is 31.1 Å². The number of hydrogen-bond acceptors (Lipinski definition) is 5. The molecule has 4 aliphatic heterocycles. The van der Waals surface area contributed by atoms with Gasteiger partial charge in [0.25, 0.3) is 0 Å². The zero-order valence-corrected chi connectivity index (χ0v) is 14.4. The van der Waals surface area contributed by atoms with Crippen LogP contribution in [0.3, 0.4) is 0 Å². The summed E-state index contributed by atoms with van der Waals surface area (Å²) in [5.41, 5.74) is 4.40. The van der Waals surface area contributed by atoms with Gasteiger partial charge in [-0.3, -0.25) is 4.98 Å². The average molecular weight is 324 g/mol. The molecule has 6 rings (SSSR count). The molecule has 126 valence electrons. The third-order valence-corrected chi connectivity index (χ3v) is 6.05. The quantitative estimate of drug-likeness (QED) is 0.850. The predicted octanol–water partition coefficient (Wildman–Crippen LogP) is 2.88. The fourth-order valence-electron chi connectivity index (χ4n) is 5.22. The second-order valence-electron chi connectivity index (χ2n) is 7.86. The lowest BCUT2D eigenvalue weighted by Crippen LogP contribution is -2.49. The largest absolute Gasteiger partial charge is 0.366 e. The van der Waals surface area contributed by atoms with Crippen molar-refractivity contribution >= 4 is 5.69 Å². The van der Waals surface area contributed by atoms with E-state index in [-0.39, 0.29) is 0 Å². The second-order valence-corrected chi connectivity index (χ2v) is 7.86. The van der Waals surface area contributed by atoms with Gasteiger partial charge in [0.15, 0.2) is 0 Å². The molecule has 4 unspecified atom stereocenters. The maximum absolute atomic E-state index is 5.35. The Labute approximate surface area is 142 Å². The highest BCUT2D eigenvalue weighted by Crippen LogP contribution is 2.39. The van der Waals surface area contributed by atoms with Crippen molar-refractivity contribution in [3.05, 3.63) is 29.9 Å². The molecule has 4 aliphatic rings. The Bertz CT molecular complexity index is 737. The smallest absolute Gasteiger partial charge is 0.141 e. The van der Waals surface area contributed by atoms with Gasteiger partial charge in [-0.1, -0.05) is 5.16 Å². The average Bonchev–Trinajstić information content (AvgIpc) is 2.77. The van der Waals surface area contributed by atoms with Crippen molar-refractivity contribution in [1.82, 2.24) is 15.0 Å². The Balaban J connectivity index is 1.52. The fourth-order valence-corrected chi connectivity index (χ4v) is 5.22. The van der Waals surface area contributed by atoms with Gasteiger partial charge in [-0.2, -0.15) is 0 Å². The second kappa shape index (κ2) is 5.31. The maximum atomic E-state index is 5.35. The van der Waals surface area contributed by atoms with E-state index in [1.807, 2.05) is 26.2 Å². The van der Waals surface area contributed by atoms with E-state index >= 15 is 0 Å². The van der Waals surface area contributed by atoms with Crippen LogP contribution in [0, 0.1) is 25.7 Å². The lowest BCUT2D eigenvalue weighted by Gasteiger charge is -2.41. The maximum Gasteiger partial charge on any atom is 0.141 e. The molecule has 2 aromatic heterocycles. The summed E-state index contributed by atoms with van der Waals surface area (Å²) in [6.45, 7) is 8.95. The molecule has 6 heterocycles. The summed E-state index contributed by atoms with van der Waals surface area (Å²) < 4.78 is 5.35. The van der Waals surface area contributed by atoms with Crippen LogP contribution in [-0.4, -0.2) is 47.3 Å². The molecule has 0 aromatic carbocycles. The van der Waals surface area contributed by atoms with Crippen molar-refractivity contribution in [2.24, 2.45) is 11.8 Å². The standard InChI is InChI=1S/C19H24N4O/c1-12-19(13(2)24-21-12)16-5-17(7-20-6-16)23-10-15-3-14-4-18(23)11-22(8-14)9-15/h5-7,14-15,18H,3-4,8-11H2,1-2H3. The molecule has 4 saturated heterocycles. The first-order valence-corrected chi connectivity index (χ1v) is 9.04. The molecule has 5 nitrogen and oxygen atoms in total. The predicted molar refractivity (Wildman–Crippen MR) is 93.0 cm³/mol. The monoisotopic (exact) mass is 324 g/mol. The molecule has 0 N–H and O–H groups in total. The molecule has 2 aromatic rings. The van der Waals surface area contributed by atoms with E-state index in [2.05, 4.69) is 26.0 Å². The minimum Gasteiger partial charge on any atom is -0.366 e. The summed E-state index contributed by atoms with van der Waals surface area (Å²) in [6, 6.07) is 2.92. The number of piperidine rings is 2. The SMILES string of the molecule is Cc1noc(C)c1-c1cncc(N2CC3CC4CC2CN(C4)C3)c1. The zero-order valence-electron chi connectivity index (χ0n) is 14.4. The Hall–Kier alpha value is -1.88. The number of nitrogens with zero attached hydrogens (tertiary/aromatic N) is 4. The van der Waals surface area contributed by atoms with Gasteiger partial charge in [0.2, 0.25) is 0 Å². The number of fused-ring (bicyclic) bond motifs is 1. The van der Waals surface area contributed by atoms with Gasteiger partial charge in [-0.05, 0) is 44.6 Å². The summed E-state index contributed by atoms with van der Waals surface area (Å²) in [5, 5.41) is 4.10. The van der Waals surface area contributed by atoms with Gasteiger partial charge in [0.05, 0.1) is 17.6 Å². The van der Waals surface area contributed by atoms with Crippen molar-refractivity contribution in [2.45, 2.75) is 32.7 Å². The van der Waals surface area contributed by atoms with Crippen molar-refractivity contribution < 1.29 is 4.52 Å². The first kappa shape index (κ1) is 14.5. The van der Waals surface area contributed by atoms with E-state index in [9.17, 15) is 0 Å². The topological polar surface area (TPSA) is 45.4 Å². The Morgan fingerprint density at radius 2 is 1.92 bits per heavy atom. The van der Waals surface area contributed by atoms with E-state index in [1.54, 1.807) is 0 Å². The van der Waals surface area contributed by atoms with Gasteiger partial charge >= 0.3 is 0 Å². The summed E-state index contributed by atoms with van der Waals surface area (Å²) in [7, 11) is 0. The molecule has 5 heteroatoms. The number of aryl methyl sites for hydroxylation is 2. The van der Waals surface area contributed by atoms with Crippen LogP contribution in [0.25, 0.3) is 11.1 Å². The van der Waals surface area contributed by atoms with Crippen LogP contribution in [0.1, 0.15) is 24.3 Å². The molecule has 0 radical (unpaired) electrons.